The number of ether oxygens (including phenoxy) is 4. The van der Waals surface area contributed by atoms with Gasteiger partial charge in [-0.3, -0.25) is 4.79 Å². The molecular weight excluding hydrogens is 624 g/mol. The van der Waals surface area contributed by atoms with Crippen molar-refractivity contribution in [3.8, 4) is 29.1 Å². The summed E-state index contributed by atoms with van der Waals surface area (Å²) in [4.78, 5) is 39.6. The average molecular weight is 671 g/mol. The lowest BCUT2D eigenvalue weighted by molar-refractivity contribution is 0.0510. The molecule has 11 nitrogen and oxygen atoms in total. The Labute approximate surface area is 288 Å². The molecule has 0 bridgehead atoms. The van der Waals surface area contributed by atoms with E-state index in [-0.39, 0.29) is 5.91 Å². The molecule has 1 fully saturated rings. The minimum absolute atomic E-state index is 0.135. The Morgan fingerprint density at radius 3 is 1.78 bits per heavy atom. The summed E-state index contributed by atoms with van der Waals surface area (Å²) in [5.74, 6) is 2.12. The molecule has 0 spiro atoms. The number of hydrogen-bond acceptors (Lipinski definition) is 8. The standard InChI is InChI=1S/C38H46N4O7/c1-37(2,3)48-35(44)40-18-15-26-16-19-42(20-17-26)34(43)29-21-32(46-30-11-7-27(24-39)8-12-30)23-33(22-29)47-31-13-9-28(10-14-31)25-41-36(45)49-38(4,5)6/h7-14,21-23,26H,15-20,25H2,1-6H3,(H,40,44)(H,41,45). The van der Waals surface area contributed by atoms with E-state index in [0.29, 0.717) is 66.2 Å². The molecular formula is C38H46N4O7. The molecule has 0 aliphatic carbocycles. The minimum atomic E-state index is -0.584. The van der Waals surface area contributed by atoms with Crippen LogP contribution in [0, 0.1) is 17.2 Å². The zero-order chi connectivity index (χ0) is 35.6. The fourth-order valence-corrected chi connectivity index (χ4v) is 5.15. The number of benzene rings is 3. The normalized spacial score (nSPS) is 13.5. The maximum Gasteiger partial charge on any atom is 0.407 e. The van der Waals surface area contributed by atoms with Gasteiger partial charge in [0.05, 0.1) is 11.6 Å². The lowest BCUT2D eigenvalue weighted by Crippen LogP contribution is -2.39. The molecule has 0 atom stereocenters. The molecule has 11 heteroatoms. The van der Waals surface area contributed by atoms with Crippen molar-refractivity contribution in [2.45, 2.75) is 78.6 Å². The van der Waals surface area contributed by atoms with E-state index in [1.807, 2.05) is 37.8 Å². The first kappa shape index (κ1) is 36.6. The topological polar surface area (TPSA) is 139 Å². The first-order valence-electron chi connectivity index (χ1n) is 16.5. The molecule has 3 amide bonds. The number of piperidine rings is 1. The summed E-state index contributed by atoms with van der Waals surface area (Å²) in [5.41, 5.74) is 0.658. The van der Waals surface area contributed by atoms with Gasteiger partial charge in [0, 0.05) is 37.8 Å². The fourth-order valence-electron chi connectivity index (χ4n) is 5.15. The van der Waals surface area contributed by atoms with E-state index >= 15 is 0 Å². The highest BCUT2D eigenvalue weighted by Gasteiger charge is 2.25. The van der Waals surface area contributed by atoms with Gasteiger partial charge in [0.1, 0.15) is 34.2 Å². The highest BCUT2D eigenvalue weighted by atomic mass is 16.6. The molecule has 0 radical (unpaired) electrons. The van der Waals surface area contributed by atoms with Crippen LogP contribution < -0.4 is 20.1 Å². The van der Waals surface area contributed by atoms with Crippen molar-refractivity contribution in [3.05, 3.63) is 83.4 Å². The summed E-state index contributed by atoms with van der Waals surface area (Å²) in [6.07, 6.45) is 1.53. The number of nitriles is 1. The van der Waals surface area contributed by atoms with Crippen LogP contribution in [0.2, 0.25) is 0 Å². The van der Waals surface area contributed by atoms with Crippen molar-refractivity contribution >= 4 is 18.1 Å². The highest BCUT2D eigenvalue weighted by Crippen LogP contribution is 2.32. The van der Waals surface area contributed by atoms with Gasteiger partial charge >= 0.3 is 12.2 Å². The summed E-state index contributed by atoms with van der Waals surface area (Å²) in [5, 5.41) is 14.7. The van der Waals surface area contributed by atoms with Crippen LogP contribution in [0.4, 0.5) is 9.59 Å². The van der Waals surface area contributed by atoms with Crippen molar-refractivity contribution in [2.75, 3.05) is 19.6 Å². The molecule has 2 N–H and O–H groups in total. The van der Waals surface area contributed by atoms with Crippen molar-refractivity contribution in [3.63, 3.8) is 0 Å². The molecule has 1 aliphatic heterocycles. The average Bonchev–Trinajstić information content (AvgIpc) is 3.03. The quantitative estimate of drug-likeness (QED) is 0.222. The van der Waals surface area contributed by atoms with Gasteiger partial charge < -0.3 is 34.5 Å². The fraction of sp³-hybridized carbons (Fsp3) is 0.421. The van der Waals surface area contributed by atoms with E-state index in [1.165, 1.54) is 0 Å². The number of nitrogens with zero attached hydrogens (tertiary/aromatic N) is 2. The molecule has 1 aliphatic rings. The predicted molar refractivity (Wildman–Crippen MR) is 185 cm³/mol. The molecule has 0 saturated carbocycles. The number of likely N-dealkylation sites (tertiary alicyclic amines) is 1. The van der Waals surface area contributed by atoms with Crippen LogP contribution in [0.1, 0.15) is 82.3 Å². The monoisotopic (exact) mass is 670 g/mol. The Balaban J connectivity index is 1.42. The van der Waals surface area contributed by atoms with E-state index in [4.69, 9.17) is 24.2 Å². The summed E-state index contributed by atoms with van der Waals surface area (Å²) in [6, 6.07) is 21.1. The van der Waals surface area contributed by atoms with E-state index in [1.54, 1.807) is 75.4 Å². The summed E-state index contributed by atoms with van der Waals surface area (Å²) in [7, 11) is 0. The smallest absolute Gasteiger partial charge is 0.407 e. The van der Waals surface area contributed by atoms with E-state index in [0.717, 1.165) is 24.8 Å². The zero-order valence-electron chi connectivity index (χ0n) is 29.1. The number of nitrogens with one attached hydrogen (secondary N) is 2. The molecule has 3 aromatic carbocycles. The van der Waals surface area contributed by atoms with E-state index in [2.05, 4.69) is 16.7 Å². The zero-order valence-corrected chi connectivity index (χ0v) is 29.1. The van der Waals surface area contributed by atoms with Gasteiger partial charge in [0.25, 0.3) is 5.91 Å². The second kappa shape index (κ2) is 16.2. The third-order valence-electron chi connectivity index (χ3n) is 7.46. The predicted octanol–water partition coefficient (Wildman–Crippen LogP) is 7.93. The number of carbonyl (C=O) groups is 3. The Hall–Kier alpha value is -5.24. The first-order valence-corrected chi connectivity index (χ1v) is 16.5. The van der Waals surface area contributed by atoms with Crippen molar-refractivity contribution in [1.29, 1.82) is 5.26 Å². The second-order valence-electron chi connectivity index (χ2n) is 14.0. The molecule has 0 unspecified atom stereocenters. The van der Waals surface area contributed by atoms with Gasteiger partial charge in [-0.1, -0.05) is 12.1 Å². The van der Waals surface area contributed by atoms with Gasteiger partial charge in [0.15, 0.2) is 0 Å². The first-order chi connectivity index (χ1) is 23.2. The number of rotatable bonds is 10. The summed E-state index contributed by atoms with van der Waals surface area (Å²) < 4.78 is 22.9. The highest BCUT2D eigenvalue weighted by molar-refractivity contribution is 5.95. The Morgan fingerprint density at radius 2 is 1.27 bits per heavy atom. The number of amides is 3. The van der Waals surface area contributed by atoms with Crippen LogP contribution in [0.3, 0.4) is 0 Å². The maximum absolute atomic E-state index is 13.8. The summed E-state index contributed by atoms with van der Waals surface area (Å²) in [6.45, 7) is 12.9. The van der Waals surface area contributed by atoms with Crippen molar-refractivity contribution in [2.24, 2.45) is 5.92 Å². The minimum Gasteiger partial charge on any atom is -0.457 e. The third-order valence-corrected chi connectivity index (χ3v) is 7.46. The van der Waals surface area contributed by atoms with Gasteiger partial charge in [-0.15, -0.1) is 0 Å². The third kappa shape index (κ3) is 12.4. The van der Waals surface area contributed by atoms with Crippen LogP contribution in [0.25, 0.3) is 0 Å². The van der Waals surface area contributed by atoms with E-state index in [9.17, 15) is 14.4 Å². The molecule has 0 aromatic heterocycles. The largest absolute Gasteiger partial charge is 0.457 e. The maximum atomic E-state index is 13.8. The molecule has 1 saturated heterocycles. The van der Waals surface area contributed by atoms with Crippen LogP contribution >= 0.6 is 0 Å². The van der Waals surface area contributed by atoms with Crippen molar-refractivity contribution < 1.29 is 33.3 Å². The Kier molecular flexibility index (Phi) is 12.1. The lowest BCUT2D eigenvalue weighted by Gasteiger charge is -2.32. The molecule has 3 aromatic rings. The van der Waals surface area contributed by atoms with Gasteiger partial charge in [-0.05, 0) is 121 Å². The van der Waals surface area contributed by atoms with E-state index < -0.39 is 23.4 Å². The molecule has 260 valence electrons. The number of alkyl carbamates (subject to hydrolysis) is 2. The Morgan fingerprint density at radius 1 is 0.755 bits per heavy atom. The number of carbonyl (C=O) groups excluding carboxylic acids is 3. The number of hydrogen-bond donors (Lipinski definition) is 2. The van der Waals surface area contributed by atoms with Gasteiger partial charge in [0.2, 0.25) is 0 Å². The second-order valence-corrected chi connectivity index (χ2v) is 14.0. The molecule has 49 heavy (non-hydrogen) atoms. The molecule has 4 rings (SSSR count). The molecule has 1 heterocycles. The van der Waals surface area contributed by atoms with Crippen LogP contribution in [0.5, 0.6) is 23.0 Å². The van der Waals surface area contributed by atoms with Crippen LogP contribution in [-0.4, -0.2) is 53.8 Å². The Bertz CT molecular complexity index is 1630. The van der Waals surface area contributed by atoms with Crippen LogP contribution in [0.15, 0.2) is 66.7 Å². The van der Waals surface area contributed by atoms with Gasteiger partial charge in [-0.2, -0.15) is 5.26 Å². The van der Waals surface area contributed by atoms with Crippen LogP contribution in [-0.2, 0) is 16.0 Å². The SMILES string of the molecule is CC(C)(C)OC(=O)NCCC1CCN(C(=O)c2cc(Oc3ccc(C#N)cc3)cc(Oc3ccc(CNC(=O)OC(C)(C)C)cc3)c2)CC1. The van der Waals surface area contributed by atoms with Gasteiger partial charge in [-0.25, -0.2) is 9.59 Å². The van der Waals surface area contributed by atoms with Crippen molar-refractivity contribution in [1.82, 2.24) is 15.5 Å². The lowest BCUT2D eigenvalue weighted by atomic mass is 9.93. The summed E-state index contributed by atoms with van der Waals surface area (Å²) >= 11 is 0.